The number of benzene rings is 1. The molecule has 0 aliphatic carbocycles. The molecule has 6 heteroatoms. The van der Waals surface area contributed by atoms with Crippen LogP contribution in [0.1, 0.15) is 44.2 Å². The Hall–Kier alpha value is -2.18. The van der Waals surface area contributed by atoms with E-state index < -0.39 is 0 Å². The van der Waals surface area contributed by atoms with Crippen LogP contribution in [0.3, 0.4) is 0 Å². The maximum absolute atomic E-state index is 13.4. The van der Waals surface area contributed by atoms with Crippen molar-refractivity contribution in [2.45, 2.75) is 52.2 Å². The van der Waals surface area contributed by atoms with Crippen LogP contribution in [0.5, 0.6) is 0 Å². The van der Waals surface area contributed by atoms with Crippen molar-refractivity contribution in [3.63, 3.8) is 0 Å². The van der Waals surface area contributed by atoms with Crippen molar-refractivity contribution in [1.82, 2.24) is 14.7 Å². The highest BCUT2D eigenvalue weighted by molar-refractivity contribution is 6.35. The van der Waals surface area contributed by atoms with E-state index in [2.05, 4.69) is 16.8 Å². The van der Waals surface area contributed by atoms with Crippen molar-refractivity contribution in [3.05, 3.63) is 41.1 Å². The predicted octanol–water partition coefficient (Wildman–Crippen LogP) is 2.92. The van der Waals surface area contributed by atoms with E-state index in [0.717, 1.165) is 37.1 Å². The number of piperidine rings is 1. The Morgan fingerprint density at radius 3 is 2.33 bits per heavy atom. The van der Waals surface area contributed by atoms with Crippen molar-refractivity contribution in [1.29, 1.82) is 0 Å². The van der Waals surface area contributed by atoms with E-state index in [0.29, 0.717) is 30.8 Å². The third kappa shape index (κ3) is 4.93. The van der Waals surface area contributed by atoms with Crippen LogP contribution in [-0.2, 0) is 14.3 Å². The van der Waals surface area contributed by atoms with E-state index in [1.807, 2.05) is 52.1 Å². The molecule has 0 spiro atoms. The first kappa shape index (κ1) is 22.5. The van der Waals surface area contributed by atoms with Crippen LogP contribution in [0, 0.1) is 6.92 Å². The van der Waals surface area contributed by atoms with E-state index in [-0.39, 0.29) is 24.0 Å². The molecular formula is C24H35N3O3. The molecule has 2 heterocycles. The SMILES string of the molecule is Cc1ccc(C2=C(N(C)C3CCN(C)CC3)C(=O)N(CCCOC(C)C)C2=O)cc1. The van der Waals surface area contributed by atoms with Crippen molar-refractivity contribution >= 4 is 17.4 Å². The maximum atomic E-state index is 13.4. The summed E-state index contributed by atoms with van der Waals surface area (Å²) < 4.78 is 5.60. The molecule has 0 atom stereocenters. The first-order valence-electron chi connectivity index (χ1n) is 11.0. The number of imide groups is 1. The zero-order valence-corrected chi connectivity index (χ0v) is 19.0. The predicted molar refractivity (Wildman–Crippen MR) is 119 cm³/mol. The molecule has 2 amide bonds. The number of nitrogens with zero attached hydrogens (tertiary/aromatic N) is 3. The molecule has 2 aliphatic rings. The number of carbonyl (C=O) groups excluding carboxylic acids is 2. The summed E-state index contributed by atoms with van der Waals surface area (Å²) in [6, 6.07) is 8.14. The Morgan fingerprint density at radius 1 is 1.10 bits per heavy atom. The molecule has 1 aromatic carbocycles. The van der Waals surface area contributed by atoms with Gasteiger partial charge in [-0.2, -0.15) is 0 Å². The highest BCUT2D eigenvalue weighted by Crippen LogP contribution is 2.33. The van der Waals surface area contributed by atoms with Crippen LogP contribution in [0.2, 0.25) is 0 Å². The van der Waals surface area contributed by atoms with Gasteiger partial charge in [-0.25, -0.2) is 0 Å². The van der Waals surface area contributed by atoms with E-state index in [1.54, 1.807) is 0 Å². The Labute approximate surface area is 180 Å². The van der Waals surface area contributed by atoms with Gasteiger partial charge in [0.2, 0.25) is 0 Å². The quantitative estimate of drug-likeness (QED) is 0.485. The number of amides is 2. The molecule has 0 bridgehead atoms. The Morgan fingerprint density at radius 2 is 1.73 bits per heavy atom. The van der Waals surface area contributed by atoms with Crippen LogP contribution in [0.4, 0.5) is 0 Å². The molecule has 1 saturated heterocycles. The van der Waals surface area contributed by atoms with E-state index in [1.165, 1.54) is 4.90 Å². The number of likely N-dealkylation sites (tertiary alicyclic amines) is 1. The number of aryl methyl sites for hydroxylation is 1. The van der Waals surface area contributed by atoms with Gasteiger partial charge in [-0.3, -0.25) is 14.5 Å². The number of rotatable bonds is 8. The summed E-state index contributed by atoms with van der Waals surface area (Å²) in [5.74, 6) is -0.371. The summed E-state index contributed by atoms with van der Waals surface area (Å²) in [5, 5.41) is 0. The van der Waals surface area contributed by atoms with Gasteiger partial charge >= 0.3 is 0 Å². The number of likely N-dealkylation sites (N-methyl/N-ethyl adjacent to an activating group) is 1. The second kappa shape index (κ2) is 9.75. The summed E-state index contributed by atoms with van der Waals surface area (Å²) in [6.07, 6.45) is 2.76. The standard InChI is InChI=1S/C24H35N3O3/c1-17(2)30-16-6-13-27-23(28)21(19-9-7-18(3)8-10-19)22(24(27)29)26(5)20-11-14-25(4)15-12-20/h7-10,17,20H,6,11-16H2,1-5H3. The Kier molecular flexibility index (Phi) is 7.32. The number of hydrogen-bond acceptors (Lipinski definition) is 5. The first-order chi connectivity index (χ1) is 14.3. The highest BCUT2D eigenvalue weighted by atomic mass is 16.5. The average Bonchev–Trinajstić information content (AvgIpc) is 2.96. The molecule has 0 radical (unpaired) electrons. The average molecular weight is 414 g/mol. The van der Waals surface area contributed by atoms with Crippen LogP contribution in [-0.4, -0.2) is 79.0 Å². The van der Waals surface area contributed by atoms with Crippen molar-refractivity contribution in [2.75, 3.05) is 40.3 Å². The van der Waals surface area contributed by atoms with Crippen LogP contribution < -0.4 is 0 Å². The molecule has 1 fully saturated rings. The summed E-state index contributed by atoms with van der Waals surface area (Å²) >= 11 is 0. The summed E-state index contributed by atoms with van der Waals surface area (Å²) in [6.45, 7) is 8.91. The molecule has 1 aromatic rings. The van der Waals surface area contributed by atoms with Crippen molar-refractivity contribution in [2.24, 2.45) is 0 Å². The minimum absolute atomic E-state index is 0.141. The van der Waals surface area contributed by atoms with Gasteiger partial charge in [0, 0.05) is 26.2 Å². The molecule has 3 rings (SSSR count). The summed E-state index contributed by atoms with van der Waals surface area (Å²) in [4.78, 5) is 32.5. The van der Waals surface area contributed by atoms with Gasteiger partial charge in [-0.15, -0.1) is 0 Å². The largest absolute Gasteiger partial charge is 0.379 e. The van der Waals surface area contributed by atoms with Gasteiger partial charge < -0.3 is 14.5 Å². The topological polar surface area (TPSA) is 53.1 Å². The number of carbonyl (C=O) groups is 2. The van der Waals surface area contributed by atoms with Gasteiger partial charge in [0.05, 0.1) is 11.7 Å². The van der Waals surface area contributed by atoms with Gasteiger partial charge in [-0.05, 0) is 65.7 Å². The molecular weight excluding hydrogens is 378 g/mol. The van der Waals surface area contributed by atoms with E-state index in [4.69, 9.17) is 4.74 Å². The highest BCUT2D eigenvalue weighted by Gasteiger charge is 2.42. The lowest BCUT2D eigenvalue weighted by Crippen LogP contribution is -2.43. The van der Waals surface area contributed by atoms with E-state index in [9.17, 15) is 9.59 Å². The zero-order chi connectivity index (χ0) is 21.8. The molecule has 6 nitrogen and oxygen atoms in total. The Bertz CT molecular complexity index is 792. The van der Waals surface area contributed by atoms with Crippen LogP contribution >= 0.6 is 0 Å². The third-order valence-electron chi connectivity index (χ3n) is 6.05. The lowest BCUT2D eigenvalue weighted by molar-refractivity contribution is -0.137. The van der Waals surface area contributed by atoms with E-state index >= 15 is 0 Å². The fourth-order valence-corrected chi connectivity index (χ4v) is 4.18. The minimum atomic E-state index is -0.192. The van der Waals surface area contributed by atoms with Crippen molar-refractivity contribution < 1.29 is 14.3 Å². The molecule has 0 unspecified atom stereocenters. The van der Waals surface area contributed by atoms with Gasteiger partial charge in [0.1, 0.15) is 5.70 Å². The zero-order valence-electron chi connectivity index (χ0n) is 19.0. The monoisotopic (exact) mass is 413 g/mol. The normalized spacial score (nSPS) is 18.8. The second-order valence-corrected chi connectivity index (χ2v) is 8.77. The fourth-order valence-electron chi connectivity index (χ4n) is 4.18. The van der Waals surface area contributed by atoms with Gasteiger partial charge in [-0.1, -0.05) is 29.8 Å². The smallest absolute Gasteiger partial charge is 0.277 e. The Balaban J connectivity index is 1.87. The fraction of sp³-hybridized carbons (Fsp3) is 0.583. The second-order valence-electron chi connectivity index (χ2n) is 8.77. The molecule has 0 saturated carbocycles. The van der Waals surface area contributed by atoms with Crippen LogP contribution in [0.15, 0.2) is 30.0 Å². The van der Waals surface area contributed by atoms with Crippen LogP contribution in [0.25, 0.3) is 5.57 Å². The minimum Gasteiger partial charge on any atom is -0.379 e. The molecule has 30 heavy (non-hydrogen) atoms. The molecule has 2 aliphatic heterocycles. The molecule has 0 aromatic heterocycles. The van der Waals surface area contributed by atoms with Gasteiger partial charge in [0.25, 0.3) is 11.8 Å². The maximum Gasteiger partial charge on any atom is 0.277 e. The first-order valence-corrected chi connectivity index (χ1v) is 11.0. The summed E-state index contributed by atoms with van der Waals surface area (Å²) in [7, 11) is 4.09. The summed E-state index contributed by atoms with van der Waals surface area (Å²) in [5.41, 5.74) is 3.02. The lowest BCUT2D eigenvalue weighted by Gasteiger charge is -2.36. The number of hydrogen-bond donors (Lipinski definition) is 0. The lowest BCUT2D eigenvalue weighted by atomic mass is 9.99. The number of ether oxygens (including phenoxy) is 1. The molecule has 0 N–H and O–H groups in total. The third-order valence-corrected chi connectivity index (χ3v) is 6.05. The molecule has 164 valence electrons. The van der Waals surface area contributed by atoms with Crippen molar-refractivity contribution in [3.8, 4) is 0 Å². The van der Waals surface area contributed by atoms with Gasteiger partial charge in [0.15, 0.2) is 0 Å².